The quantitative estimate of drug-likeness (QED) is 0.174. The highest BCUT2D eigenvalue weighted by molar-refractivity contribution is 6.14. The molecule has 0 aliphatic heterocycles. The van der Waals surface area contributed by atoms with Gasteiger partial charge >= 0.3 is 0 Å². The number of hydrogen-bond acceptors (Lipinski definition) is 1. The Morgan fingerprint density at radius 1 is 0.339 bits per heavy atom. The zero-order valence-electron chi connectivity index (χ0n) is 32.2. The fraction of sp³-hybridized carbons (Fsp3) is 0.0175. The molecule has 0 saturated carbocycles. The van der Waals surface area contributed by atoms with Crippen LogP contribution in [0.3, 0.4) is 0 Å². The topological polar surface area (TPSA) is 8.17 Å². The lowest BCUT2D eigenvalue weighted by Gasteiger charge is -2.40. The minimum Gasteiger partial charge on any atom is -0.310 e. The van der Waals surface area contributed by atoms with Crippen molar-refractivity contribution in [2.45, 2.75) is 5.41 Å². The first-order valence-electron chi connectivity index (χ1n) is 20.5. The van der Waals surface area contributed by atoms with Gasteiger partial charge in [-0.25, -0.2) is 0 Å². The van der Waals surface area contributed by atoms with Gasteiger partial charge in [0.1, 0.15) is 0 Å². The zero-order chi connectivity index (χ0) is 38.7. The lowest BCUT2D eigenvalue weighted by Crippen LogP contribution is -2.31. The van der Waals surface area contributed by atoms with Gasteiger partial charge < -0.3 is 9.47 Å². The minimum atomic E-state index is -0.452. The number of fused-ring (bicyclic) bond motifs is 13. The Hall–Kier alpha value is -7.68. The Morgan fingerprint density at radius 3 is 1.69 bits per heavy atom. The molecule has 2 aliphatic rings. The first kappa shape index (κ1) is 32.4. The number of anilines is 3. The molecular weight excluding hydrogens is 713 g/mol. The van der Waals surface area contributed by atoms with Gasteiger partial charge in [-0.05, 0) is 109 Å². The highest BCUT2D eigenvalue weighted by Gasteiger charge is 2.50. The van der Waals surface area contributed by atoms with Gasteiger partial charge in [0.05, 0.1) is 22.1 Å². The second-order valence-corrected chi connectivity index (χ2v) is 16.0. The van der Waals surface area contributed by atoms with Crippen molar-refractivity contribution in [1.29, 1.82) is 0 Å². The Balaban J connectivity index is 1.10. The van der Waals surface area contributed by atoms with E-state index in [4.69, 9.17) is 0 Å². The molecule has 0 bridgehead atoms. The van der Waals surface area contributed by atoms with Crippen LogP contribution < -0.4 is 4.90 Å². The molecule has 2 nitrogen and oxygen atoms in total. The van der Waals surface area contributed by atoms with E-state index >= 15 is 0 Å². The van der Waals surface area contributed by atoms with Crippen molar-refractivity contribution in [2.24, 2.45) is 0 Å². The number of rotatable bonds is 4. The summed E-state index contributed by atoms with van der Waals surface area (Å²) in [6, 6.07) is 81.1. The molecular formula is C57H36N2. The van der Waals surface area contributed by atoms with Crippen LogP contribution >= 0.6 is 0 Å². The van der Waals surface area contributed by atoms with E-state index in [2.05, 4.69) is 228 Å². The molecule has 0 radical (unpaired) electrons. The molecule has 1 spiro atoms. The summed E-state index contributed by atoms with van der Waals surface area (Å²) < 4.78 is 2.44. The average molecular weight is 749 g/mol. The molecule has 11 aromatic rings. The Kier molecular flexibility index (Phi) is 6.68. The summed E-state index contributed by atoms with van der Waals surface area (Å²) in [7, 11) is 0. The molecule has 0 N–H and O–H groups in total. The summed E-state index contributed by atoms with van der Waals surface area (Å²) in [5.41, 5.74) is 17.0. The van der Waals surface area contributed by atoms with Gasteiger partial charge in [0.2, 0.25) is 0 Å². The summed E-state index contributed by atoms with van der Waals surface area (Å²) in [5.74, 6) is 0. The van der Waals surface area contributed by atoms with Crippen LogP contribution in [-0.2, 0) is 5.41 Å². The molecule has 0 amide bonds. The van der Waals surface area contributed by atoms with E-state index < -0.39 is 5.41 Å². The summed E-state index contributed by atoms with van der Waals surface area (Å²) in [6.45, 7) is 0. The van der Waals surface area contributed by atoms with Crippen molar-refractivity contribution < 1.29 is 0 Å². The van der Waals surface area contributed by atoms with Crippen LogP contribution in [-0.4, -0.2) is 4.57 Å². The van der Waals surface area contributed by atoms with E-state index in [1.165, 1.54) is 87.9 Å². The fourth-order valence-electron chi connectivity index (χ4n) is 10.8. The molecule has 0 unspecified atom stereocenters. The average Bonchev–Trinajstić information content (AvgIpc) is 3.79. The predicted molar refractivity (Wildman–Crippen MR) is 247 cm³/mol. The maximum absolute atomic E-state index is 2.47. The highest BCUT2D eigenvalue weighted by atomic mass is 15.1. The van der Waals surface area contributed by atoms with Gasteiger partial charge in [0, 0.05) is 33.2 Å². The van der Waals surface area contributed by atoms with Gasteiger partial charge in [-0.15, -0.1) is 0 Å². The fourth-order valence-corrected chi connectivity index (χ4v) is 10.8. The molecule has 0 saturated heterocycles. The molecule has 59 heavy (non-hydrogen) atoms. The van der Waals surface area contributed by atoms with Crippen molar-refractivity contribution in [3.05, 3.63) is 241 Å². The van der Waals surface area contributed by atoms with E-state index in [1.54, 1.807) is 0 Å². The van der Waals surface area contributed by atoms with E-state index in [-0.39, 0.29) is 0 Å². The van der Waals surface area contributed by atoms with Crippen LogP contribution in [0.1, 0.15) is 22.3 Å². The van der Waals surface area contributed by atoms with Gasteiger partial charge in [0.15, 0.2) is 0 Å². The molecule has 0 fully saturated rings. The number of benzene rings is 10. The molecule has 2 heteroatoms. The van der Waals surface area contributed by atoms with Crippen LogP contribution in [0.25, 0.3) is 71.3 Å². The SMILES string of the molecule is c1ccc(N(c2ccc3c4ccccc4n(-c4ccc5ccccc5c4)c3c2)c2ccc3c4c(cccc24)C2(c4ccccc4-c4ccccc42)c2ccccc2-3)cc1. The number of hydrogen-bond donors (Lipinski definition) is 0. The Bertz CT molecular complexity index is 3470. The van der Waals surface area contributed by atoms with Crippen LogP contribution in [0.15, 0.2) is 218 Å². The van der Waals surface area contributed by atoms with E-state index in [1.807, 2.05) is 0 Å². The minimum absolute atomic E-state index is 0.452. The third-order valence-electron chi connectivity index (χ3n) is 13.2. The summed E-state index contributed by atoms with van der Waals surface area (Å²) in [4.78, 5) is 2.47. The summed E-state index contributed by atoms with van der Waals surface area (Å²) in [6.07, 6.45) is 0. The Morgan fingerprint density at radius 2 is 0.932 bits per heavy atom. The van der Waals surface area contributed by atoms with Crippen molar-refractivity contribution in [2.75, 3.05) is 4.90 Å². The monoisotopic (exact) mass is 748 g/mol. The normalized spacial score (nSPS) is 13.2. The molecule has 10 aromatic carbocycles. The highest BCUT2D eigenvalue weighted by Crippen LogP contribution is 2.62. The van der Waals surface area contributed by atoms with Crippen molar-refractivity contribution in [1.82, 2.24) is 4.57 Å². The van der Waals surface area contributed by atoms with Gasteiger partial charge in [-0.1, -0.05) is 170 Å². The molecule has 274 valence electrons. The smallest absolute Gasteiger partial charge is 0.0725 e. The van der Waals surface area contributed by atoms with Crippen molar-refractivity contribution in [3.63, 3.8) is 0 Å². The third-order valence-corrected chi connectivity index (χ3v) is 13.2. The van der Waals surface area contributed by atoms with E-state index in [0.717, 1.165) is 22.7 Å². The van der Waals surface area contributed by atoms with Crippen LogP contribution in [0, 0.1) is 0 Å². The third kappa shape index (κ3) is 4.35. The number of aromatic nitrogens is 1. The second kappa shape index (κ2) is 12.2. The Labute approximate surface area is 342 Å². The van der Waals surface area contributed by atoms with Crippen LogP contribution in [0.5, 0.6) is 0 Å². The first-order valence-corrected chi connectivity index (χ1v) is 20.5. The van der Waals surface area contributed by atoms with Gasteiger partial charge in [-0.2, -0.15) is 0 Å². The molecule has 2 aliphatic carbocycles. The van der Waals surface area contributed by atoms with Crippen LogP contribution in [0.4, 0.5) is 17.1 Å². The lowest BCUT2D eigenvalue weighted by molar-refractivity contribution is 0.773. The van der Waals surface area contributed by atoms with E-state index in [0.29, 0.717) is 0 Å². The molecule has 0 atom stereocenters. The van der Waals surface area contributed by atoms with Gasteiger partial charge in [-0.3, -0.25) is 0 Å². The largest absolute Gasteiger partial charge is 0.310 e. The molecule has 1 heterocycles. The predicted octanol–water partition coefficient (Wildman–Crippen LogP) is 14.9. The van der Waals surface area contributed by atoms with E-state index in [9.17, 15) is 0 Å². The summed E-state index contributed by atoms with van der Waals surface area (Å²) >= 11 is 0. The second-order valence-electron chi connectivity index (χ2n) is 16.0. The lowest BCUT2D eigenvalue weighted by atomic mass is 9.61. The summed E-state index contributed by atoms with van der Waals surface area (Å²) in [5, 5.41) is 7.49. The number of para-hydroxylation sites is 2. The van der Waals surface area contributed by atoms with Crippen molar-refractivity contribution in [3.8, 4) is 27.9 Å². The van der Waals surface area contributed by atoms with Crippen LogP contribution in [0.2, 0.25) is 0 Å². The maximum atomic E-state index is 2.47. The number of nitrogens with zero attached hydrogens (tertiary/aromatic N) is 2. The first-order chi connectivity index (χ1) is 29.3. The standard InChI is InChI=1S/C57H36N2/c1-2-17-39(18-3-1)58(41-31-32-46-45-22-9-13-28-53(45)59(55(46)36-41)40-30-29-37-15-4-5-16-38(37)35-40)54-34-33-47-44-21-8-12-26-51(44)57(52-27-14-23-48(54)56(47)52)49-24-10-6-19-42(49)43-20-7-11-25-50(43)57/h1-36H. The molecule has 1 aromatic heterocycles. The van der Waals surface area contributed by atoms with Crippen molar-refractivity contribution >= 4 is 60.4 Å². The maximum Gasteiger partial charge on any atom is 0.0725 e. The zero-order valence-corrected chi connectivity index (χ0v) is 32.2. The molecule has 13 rings (SSSR count). The van der Waals surface area contributed by atoms with Gasteiger partial charge in [0.25, 0.3) is 0 Å².